The number of nitrogens with zero attached hydrogens (tertiary/aromatic N) is 2. The Morgan fingerprint density at radius 2 is 1.62 bits per heavy atom. The molecule has 2 aromatic carbocycles. The van der Waals surface area contributed by atoms with E-state index in [4.69, 9.17) is 11.6 Å². The Hall–Kier alpha value is -2.57. The van der Waals surface area contributed by atoms with Crippen molar-refractivity contribution in [2.75, 3.05) is 48.8 Å². The molecule has 0 aromatic heterocycles. The molecule has 0 spiro atoms. The zero-order valence-corrected chi connectivity index (χ0v) is 17.6. The minimum Gasteiger partial charge on any atom is -0.372 e. The summed E-state index contributed by atoms with van der Waals surface area (Å²) in [6.07, 6.45) is 2.46. The van der Waals surface area contributed by atoms with Gasteiger partial charge in [0.1, 0.15) is 0 Å². The van der Waals surface area contributed by atoms with E-state index < -0.39 is 0 Å². The summed E-state index contributed by atoms with van der Waals surface area (Å²) in [5, 5.41) is 6.18. The molecule has 0 radical (unpaired) electrons. The minimum atomic E-state index is -0.223. The lowest BCUT2D eigenvalue weighted by atomic mass is 10.1. The van der Waals surface area contributed by atoms with E-state index in [9.17, 15) is 9.59 Å². The summed E-state index contributed by atoms with van der Waals surface area (Å²) in [4.78, 5) is 28.6. The molecule has 3 rings (SSSR count). The van der Waals surface area contributed by atoms with Crippen molar-refractivity contribution in [3.05, 3.63) is 53.1 Å². The smallest absolute Gasteiger partial charge is 0.238 e. The van der Waals surface area contributed by atoms with Gasteiger partial charge in [-0.05, 0) is 62.7 Å². The minimum absolute atomic E-state index is 0.0888. The summed E-state index contributed by atoms with van der Waals surface area (Å²) in [5.74, 6) is -0.380. The molecular formula is C22H27ClN4O2. The third-order valence-electron chi connectivity index (χ3n) is 4.93. The summed E-state index contributed by atoms with van der Waals surface area (Å²) in [5.41, 5.74) is 3.59. The van der Waals surface area contributed by atoms with E-state index in [0.717, 1.165) is 24.3 Å². The van der Waals surface area contributed by atoms with E-state index in [-0.39, 0.29) is 24.9 Å². The monoisotopic (exact) mass is 414 g/mol. The maximum Gasteiger partial charge on any atom is 0.238 e. The van der Waals surface area contributed by atoms with Crippen LogP contribution in [0.3, 0.4) is 0 Å². The number of aryl methyl sites for hydroxylation is 1. The highest BCUT2D eigenvalue weighted by Crippen LogP contribution is 2.25. The van der Waals surface area contributed by atoms with Crippen molar-refractivity contribution in [3.63, 3.8) is 0 Å². The van der Waals surface area contributed by atoms with Gasteiger partial charge in [0.05, 0.1) is 23.8 Å². The summed E-state index contributed by atoms with van der Waals surface area (Å²) >= 11 is 6.05. The van der Waals surface area contributed by atoms with Gasteiger partial charge in [-0.3, -0.25) is 14.5 Å². The van der Waals surface area contributed by atoms with Crippen LogP contribution < -0.4 is 15.5 Å². The predicted octanol–water partition coefficient (Wildman–Crippen LogP) is 3.76. The zero-order valence-electron chi connectivity index (χ0n) is 16.9. The van der Waals surface area contributed by atoms with Gasteiger partial charge in [0, 0.05) is 24.5 Å². The Balaban J connectivity index is 1.49. The first-order valence-electron chi connectivity index (χ1n) is 9.81. The normalized spacial score (nSPS) is 13.6. The van der Waals surface area contributed by atoms with Crippen molar-refractivity contribution >= 4 is 40.5 Å². The summed E-state index contributed by atoms with van der Waals surface area (Å²) < 4.78 is 0. The second-order valence-electron chi connectivity index (χ2n) is 7.44. The Labute approximate surface area is 176 Å². The van der Waals surface area contributed by atoms with Crippen LogP contribution in [0.2, 0.25) is 5.02 Å². The summed E-state index contributed by atoms with van der Waals surface area (Å²) in [6.45, 7) is 4.38. The Bertz CT molecular complexity index is 881. The number of halogens is 1. The largest absolute Gasteiger partial charge is 0.372 e. The van der Waals surface area contributed by atoms with Crippen molar-refractivity contribution in [1.29, 1.82) is 0 Å². The maximum absolute atomic E-state index is 12.4. The third-order valence-corrected chi connectivity index (χ3v) is 5.26. The molecule has 2 N–H and O–H groups in total. The van der Waals surface area contributed by atoms with Crippen molar-refractivity contribution < 1.29 is 9.59 Å². The van der Waals surface area contributed by atoms with Crippen LogP contribution in [-0.2, 0) is 9.59 Å². The first kappa shape index (κ1) is 21.1. The average Bonchev–Trinajstić information content (AvgIpc) is 3.19. The molecule has 1 fully saturated rings. The number of nitrogens with one attached hydrogen (secondary N) is 2. The van der Waals surface area contributed by atoms with Crippen LogP contribution in [0.25, 0.3) is 0 Å². The SMILES string of the molecule is Cc1cc(N2CCCC2)ccc1NC(=O)CN(C)CC(=O)Nc1ccccc1Cl. The molecule has 154 valence electrons. The second-order valence-corrected chi connectivity index (χ2v) is 7.85. The molecule has 7 heteroatoms. The topological polar surface area (TPSA) is 64.7 Å². The molecule has 2 aromatic rings. The van der Waals surface area contributed by atoms with Crippen molar-refractivity contribution in [2.24, 2.45) is 0 Å². The van der Waals surface area contributed by atoms with E-state index in [1.807, 2.05) is 13.0 Å². The quantitative estimate of drug-likeness (QED) is 0.724. The molecule has 0 aliphatic carbocycles. The standard InChI is InChI=1S/C22H27ClN4O2/c1-16-13-17(27-11-5-6-12-27)9-10-19(16)24-21(28)14-26(2)15-22(29)25-20-8-4-3-7-18(20)23/h3-4,7-10,13H,5-6,11-12,14-15H2,1-2H3,(H,24,28)(H,25,29). The van der Waals surface area contributed by atoms with Crippen LogP contribution in [0.15, 0.2) is 42.5 Å². The lowest BCUT2D eigenvalue weighted by Crippen LogP contribution is -2.36. The van der Waals surface area contributed by atoms with Crippen LogP contribution in [0.1, 0.15) is 18.4 Å². The van der Waals surface area contributed by atoms with E-state index in [1.165, 1.54) is 18.5 Å². The van der Waals surface area contributed by atoms with Crippen molar-refractivity contribution in [2.45, 2.75) is 19.8 Å². The Morgan fingerprint density at radius 3 is 2.24 bits per heavy atom. The fourth-order valence-corrected chi connectivity index (χ4v) is 3.63. The molecule has 29 heavy (non-hydrogen) atoms. The Kier molecular flexibility index (Phi) is 7.12. The number of likely N-dealkylation sites (N-methyl/N-ethyl adjacent to an activating group) is 1. The lowest BCUT2D eigenvalue weighted by molar-refractivity contribution is -0.119. The highest BCUT2D eigenvalue weighted by Gasteiger charge is 2.15. The molecule has 1 heterocycles. The number of hydrogen-bond donors (Lipinski definition) is 2. The highest BCUT2D eigenvalue weighted by molar-refractivity contribution is 6.33. The lowest BCUT2D eigenvalue weighted by Gasteiger charge is -2.20. The predicted molar refractivity (Wildman–Crippen MR) is 119 cm³/mol. The fraction of sp³-hybridized carbons (Fsp3) is 0.364. The van der Waals surface area contributed by atoms with Crippen LogP contribution in [0, 0.1) is 6.92 Å². The number of amides is 2. The molecule has 0 saturated carbocycles. The number of anilines is 3. The number of hydrogen-bond acceptors (Lipinski definition) is 4. The van der Waals surface area contributed by atoms with Gasteiger partial charge in [0.25, 0.3) is 0 Å². The summed E-state index contributed by atoms with van der Waals surface area (Å²) in [6, 6.07) is 13.2. The fourth-order valence-electron chi connectivity index (χ4n) is 3.45. The summed E-state index contributed by atoms with van der Waals surface area (Å²) in [7, 11) is 1.73. The molecule has 0 atom stereocenters. The van der Waals surface area contributed by atoms with Crippen LogP contribution in [-0.4, -0.2) is 49.9 Å². The van der Waals surface area contributed by atoms with Crippen LogP contribution >= 0.6 is 11.6 Å². The van der Waals surface area contributed by atoms with Gasteiger partial charge in [0.15, 0.2) is 0 Å². The zero-order chi connectivity index (χ0) is 20.8. The van der Waals surface area contributed by atoms with E-state index in [1.54, 1.807) is 36.2 Å². The number of rotatable bonds is 7. The van der Waals surface area contributed by atoms with Crippen LogP contribution in [0.5, 0.6) is 0 Å². The van der Waals surface area contributed by atoms with E-state index >= 15 is 0 Å². The molecule has 1 aliphatic rings. The molecular weight excluding hydrogens is 388 g/mol. The van der Waals surface area contributed by atoms with Gasteiger partial charge >= 0.3 is 0 Å². The first-order valence-corrected chi connectivity index (χ1v) is 10.2. The van der Waals surface area contributed by atoms with E-state index in [0.29, 0.717) is 10.7 Å². The van der Waals surface area contributed by atoms with Gasteiger partial charge in [-0.25, -0.2) is 0 Å². The molecule has 6 nitrogen and oxygen atoms in total. The molecule has 1 saturated heterocycles. The maximum atomic E-state index is 12.4. The highest BCUT2D eigenvalue weighted by atomic mass is 35.5. The third kappa shape index (κ3) is 5.95. The average molecular weight is 415 g/mol. The van der Waals surface area contributed by atoms with Gasteiger partial charge in [-0.15, -0.1) is 0 Å². The molecule has 0 bridgehead atoms. The second kappa shape index (κ2) is 9.76. The molecule has 1 aliphatic heterocycles. The first-order chi connectivity index (χ1) is 13.9. The Morgan fingerprint density at radius 1 is 1.00 bits per heavy atom. The van der Waals surface area contributed by atoms with Gasteiger partial charge in [-0.1, -0.05) is 23.7 Å². The van der Waals surface area contributed by atoms with Crippen LogP contribution in [0.4, 0.5) is 17.1 Å². The van der Waals surface area contributed by atoms with E-state index in [2.05, 4.69) is 27.7 Å². The number of benzene rings is 2. The number of para-hydroxylation sites is 1. The number of carbonyl (C=O) groups excluding carboxylic acids is 2. The van der Waals surface area contributed by atoms with Crippen molar-refractivity contribution in [1.82, 2.24) is 4.90 Å². The molecule has 2 amide bonds. The van der Waals surface area contributed by atoms with Crippen molar-refractivity contribution in [3.8, 4) is 0 Å². The molecule has 0 unspecified atom stereocenters. The van der Waals surface area contributed by atoms with Gasteiger partial charge in [0.2, 0.25) is 11.8 Å². The van der Waals surface area contributed by atoms with Gasteiger partial charge in [-0.2, -0.15) is 0 Å². The number of carbonyl (C=O) groups is 2. The van der Waals surface area contributed by atoms with Gasteiger partial charge < -0.3 is 15.5 Å².